The molecule has 0 aliphatic carbocycles. The Labute approximate surface area is 117 Å². The van der Waals surface area contributed by atoms with Gasteiger partial charge in [0.15, 0.2) is 11.6 Å². The number of unbranched alkanes of at least 4 members (excludes halogenated alkanes) is 5. The van der Waals surface area contributed by atoms with Crippen LogP contribution < -0.4 is 0 Å². The SMILES string of the molecule is CCCCCCC/C=C/C(=O)CC1COC(C)(C)O1. The Bertz CT molecular complexity index is 294. The highest BCUT2D eigenvalue weighted by Crippen LogP contribution is 2.24. The first-order chi connectivity index (χ1) is 9.03. The fourth-order valence-electron chi connectivity index (χ4n) is 2.24. The molecule has 0 saturated carbocycles. The minimum absolute atomic E-state index is 0.0864. The zero-order chi connectivity index (χ0) is 14.1. The molecule has 0 aromatic heterocycles. The molecule has 0 bridgehead atoms. The van der Waals surface area contributed by atoms with E-state index in [1.54, 1.807) is 6.08 Å². The Morgan fingerprint density at radius 1 is 1.26 bits per heavy atom. The molecule has 0 N–H and O–H groups in total. The van der Waals surface area contributed by atoms with Crippen molar-refractivity contribution in [3.63, 3.8) is 0 Å². The van der Waals surface area contributed by atoms with Crippen LogP contribution in [-0.4, -0.2) is 24.3 Å². The first-order valence-electron chi connectivity index (χ1n) is 7.54. The van der Waals surface area contributed by atoms with Crippen molar-refractivity contribution >= 4 is 5.78 Å². The largest absolute Gasteiger partial charge is 0.348 e. The molecule has 0 spiro atoms. The zero-order valence-corrected chi connectivity index (χ0v) is 12.6. The van der Waals surface area contributed by atoms with Crippen LogP contribution in [0.3, 0.4) is 0 Å². The predicted octanol–water partition coefficient (Wildman–Crippen LogP) is 4.01. The number of carbonyl (C=O) groups is 1. The first-order valence-corrected chi connectivity index (χ1v) is 7.54. The monoisotopic (exact) mass is 268 g/mol. The molecular weight excluding hydrogens is 240 g/mol. The lowest BCUT2D eigenvalue weighted by Crippen LogP contribution is -2.22. The molecule has 1 aliphatic heterocycles. The fourth-order valence-corrected chi connectivity index (χ4v) is 2.24. The van der Waals surface area contributed by atoms with Crippen molar-refractivity contribution in [2.24, 2.45) is 0 Å². The molecule has 1 atom stereocenters. The summed E-state index contributed by atoms with van der Waals surface area (Å²) in [4.78, 5) is 11.7. The normalized spacial score (nSPS) is 22.2. The van der Waals surface area contributed by atoms with Crippen LogP contribution in [-0.2, 0) is 14.3 Å². The van der Waals surface area contributed by atoms with Gasteiger partial charge in [0.25, 0.3) is 0 Å². The average Bonchev–Trinajstić information content (AvgIpc) is 2.67. The van der Waals surface area contributed by atoms with Crippen molar-refractivity contribution in [3.8, 4) is 0 Å². The van der Waals surface area contributed by atoms with E-state index >= 15 is 0 Å². The van der Waals surface area contributed by atoms with E-state index in [1.165, 1.54) is 32.1 Å². The van der Waals surface area contributed by atoms with Gasteiger partial charge in [0.05, 0.1) is 12.7 Å². The second-order valence-corrected chi connectivity index (χ2v) is 5.73. The Balaban J connectivity index is 2.07. The molecule has 0 aromatic rings. The maximum Gasteiger partial charge on any atom is 0.163 e. The van der Waals surface area contributed by atoms with Gasteiger partial charge in [0, 0.05) is 6.42 Å². The van der Waals surface area contributed by atoms with E-state index in [0.717, 1.165) is 6.42 Å². The van der Waals surface area contributed by atoms with Gasteiger partial charge in [-0.1, -0.05) is 38.7 Å². The minimum atomic E-state index is -0.534. The number of allylic oxidation sites excluding steroid dienone is 2. The number of rotatable bonds is 9. The van der Waals surface area contributed by atoms with Crippen LogP contribution in [0, 0.1) is 0 Å². The Morgan fingerprint density at radius 3 is 2.63 bits per heavy atom. The van der Waals surface area contributed by atoms with Gasteiger partial charge in [0.2, 0.25) is 0 Å². The van der Waals surface area contributed by atoms with E-state index in [-0.39, 0.29) is 11.9 Å². The molecule has 0 aromatic carbocycles. The van der Waals surface area contributed by atoms with Gasteiger partial charge in [-0.05, 0) is 32.8 Å². The molecule has 3 nitrogen and oxygen atoms in total. The van der Waals surface area contributed by atoms with E-state index in [0.29, 0.717) is 13.0 Å². The molecule has 110 valence electrons. The zero-order valence-electron chi connectivity index (χ0n) is 12.6. The second-order valence-electron chi connectivity index (χ2n) is 5.73. The third kappa shape index (κ3) is 7.48. The highest BCUT2D eigenvalue weighted by atomic mass is 16.7. The lowest BCUT2D eigenvalue weighted by Gasteiger charge is -2.16. The van der Waals surface area contributed by atoms with E-state index in [9.17, 15) is 4.79 Å². The Hall–Kier alpha value is -0.670. The highest BCUT2D eigenvalue weighted by molar-refractivity contribution is 5.89. The van der Waals surface area contributed by atoms with E-state index < -0.39 is 5.79 Å². The van der Waals surface area contributed by atoms with Gasteiger partial charge in [0.1, 0.15) is 0 Å². The number of ketones is 1. The topological polar surface area (TPSA) is 35.5 Å². The quantitative estimate of drug-likeness (QED) is 0.468. The van der Waals surface area contributed by atoms with Crippen LogP contribution in [0.25, 0.3) is 0 Å². The van der Waals surface area contributed by atoms with Crippen molar-refractivity contribution < 1.29 is 14.3 Å². The summed E-state index contributed by atoms with van der Waals surface area (Å²) in [7, 11) is 0. The fraction of sp³-hybridized carbons (Fsp3) is 0.812. The first kappa shape index (κ1) is 16.4. The molecule has 1 aliphatic rings. The lowest BCUT2D eigenvalue weighted by molar-refractivity contribution is -0.141. The second kappa shape index (κ2) is 8.49. The number of hydrogen-bond donors (Lipinski definition) is 0. The molecule has 3 heteroatoms. The van der Waals surface area contributed by atoms with E-state index in [4.69, 9.17) is 9.47 Å². The van der Waals surface area contributed by atoms with Gasteiger partial charge < -0.3 is 9.47 Å². The number of carbonyl (C=O) groups excluding carboxylic acids is 1. The third-order valence-electron chi connectivity index (χ3n) is 3.27. The molecule has 1 rings (SSSR count). The summed E-state index contributed by atoms with van der Waals surface area (Å²) in [5.74, 6) is -0.395. The van der Waals surface area contributed by atoms with Gasteiger partial charge in [-0.3, -0.25) is 4.79 Å². The standard InChI is InChI=1S/C16H28O3/c1-4-5-6-7-8-9-10-11-14(17)12-15-13-18-16(2,3)19-15/h10-11,15H,4-9,12-13H2,1-3H3/b11-10+. The van der Waals surface area contributed by atoms with Gasteiger partial charge >= 0.3 is 0 Å². The summed E-state index contributed by atoms with van der Waals surface area (Å²) in [5.41, 5.74) is 0. The van der Waals surface area contributed by atoms with Crippen LogP contribution >= 0.6 is 0 Å². The van der Waals surface area contributed by atoms with Gasteiger partial charge in [-0.2, -0.15) is 0 Å². The van der Waals surface area contributed by atoms with Gasteiger partial charge in [-0.15, -0.1) is 0 Å². The van der Waals surface area contributed by atoms with E-state index in [2.05, 4.69) is 6.92 Å². The maximum absolute atomic E-state index is 11.7. The smallest absolute Gasteiger partial charge is 0.163 e. The van der Waals surface area contributed by atoms with Crippen LogP contribution in [0.15, 0.2) is 12.2 Å². The number of hydrogen-bond acceptors (Lipinski definition) is 3. The Kier molecular flexibility index (Phi) is 7.32. The molecule has 1 heterocycles. The van der Waals surface area contributed by atoms with Crippen LogP contribution in [0.4, 0.5) is 0 Å². The molecule has 1 unspecified atom stereocenters. The van der Waals surface area contributed by atoms with Crippen molar-refractivity contribution in [1.29, 1.82) is 0 Å². The third-order valence-corrected chi connectivity index (χ3v) is 3.27. The van der Waals surface area contributed by atoms with Crippen LogP contribution in [0.2, 0.25) is 0 Å². The molecule has 19 heavy (non-hydrogen) atoms. The summed E-state index contributed by atoms with van der Waals surface area (Å²) >= 11 is 0. The summed E-state index contributed by atoms with van der Waals surface area (Å²) in [6.45, 7) is 6.49. The van der Waals surface area contributed by atoms with Crippen molar-refractivity contribution in [2.75, 3.05) is 6.61 Å². The average molecular weight is 268 g/mol. The summed E-state index contributed by atoms with van der Waals surface area (Å²) in [6.07, 6.45) is 11.4. The van der Waals surface area contributed by atoms with Crippen molar-refractivity contribution in [2.45, 2.75) is 77.6 Å². The molecule has 1 fully saturated rings. The van der Waals surface area contributed by atoms with Crippen molar-refractivity contribution in [1.82, 2.24) is 0 Å². The van der Waals surface area contributed by atoms with Gasteiger partial charge in [-0.25, -0.2) is 0 Å². The molecule has 0 amide bonds. The van der Waals surface area contributed by atoms with E-state index in [1.807, 2.05) is 19.9 Å². The minimum Gasteiger partial charge on any atom is -0.348 e. The lowest BCUT2D eigenvalue weighted by atomic mass is 10.1. The predicted molar refractivity (Wildman–Crippen MR) is 77.0 cm³/mol. The summed E-state index contributed by atoms with van der Waals surface area (Å²) < 4.78 is 11.1. The molecule has 0 radical (unpaired) electrons. The van der Waals surface area contributed by atoms with Crippen LogP contribution in [0.5, 0.6) is 0 Å². The molecular formula is C16H28O3. The molecule has 1 saturated heterocycles. The maximum atomic E-state index is 11.7. The summed E-state index contributed by atoms with van der Waals surface area (Å²) in [6, 6.07) is 0. The van der Waals surface area contributed by atoms with Crippen LogP contribution in [0.1, 0.15) is 65.7 Å². The number of ether oxygens (including phenoxy) is 2. The Morgan fingerprint density at radius 2 is 2.00 bits per heavy atom. The van der Waals surface area contributed by atoms with Crippen molar-refractivity contribution in [3.05, 3.63) is 12.2 Å². The highest BCUT2D eigenvalue weighted by Gasteiger charge is 2.33. The summed E-state index contributed by atoms with van der Waals surface area (Å²) in [5, 5.41) is 0.